The number of aromatic nitrogens is 5. The third-order valence-corrected chi connectivity index (χ3v) is 7.71. The summed E-state index contributed by atoms with van der Waals surface area (Å²) in [6.45, 7) is 6.64. The Kier molecular flexibility index (Phi) is 4.47. The molecule has 1 unspecified atom stereocenters. The van der Waals surface area contributed by atoms with Gasteiger partial charge in [0, 0.05) is 58.5 Å². The Bertz CT molecular complexity index is 1320. The van der Waals surface area contributed by atoms with Crippen molar-refractivity contribution in [3.05, 3.63) is 41.4 Å². The van der Waals surface area contributed by atoms with Crippen LogP contribution in [0.15, 0.2) is 30.7 Å². The fourth-order valence-corrected chi connectivity index (χ4v) is 5.66. The predicted molar refractivity (Wildman–Crippen MR) is 125 cm³/mol. The molecule has 0 radical (unpaired) electrons. The van der Waals surface area contributed by atoms with E-state index in [0.717, 1.165) is 71.9 Å². The van der Waals surface area contributed by atoms with Crippen LogP contribution in [0, 0.1) is 12.3 Å². The highest BCUT2D eigenvalue weighted by molar-refractivity contribution is 6.34. The summed E-state index contributed by atoms with van der Waals surface area (Å²) in [6, 6.07) is 4.05. The molecule has 1 spiro atoms. The fraction of sp³-hybridized carbons (Fsp3) is 0.435. The van der Waals surface area contributed by atoms with E-state index in [2.05, 4.69) is 31.4 Å². The van der Waals surface area contributed by atoms with Crippen molar-refractivity contribution in [2.24, 2.45) is 11.1 Å². The summed E-state index contributed by atoms with van der Waals surface area (Å²) in [6.07, 6.45) is 7.69. The smallest absolute Gasteiger partial charge is 0.211 e. The number of nitrogens with zero attached hydrogens (tertiary/aromatic N) is 5. The summed E-state index contributed by atoms with van der Waals surface area (Å²) in [5.41, 5.74) is 11.1. The van der Waals surface area contributed by atoms with Crippen LogP contribution in [-0.4, -0.2) is 56.4 Å². The van der Waals surface area contributed by atoms with Crippen molar-refractivity contribution in [2.45, 2.75) is 38.8 Å². The van der Waals surface area contributed by atoms with Crippen molar-refractivity contribution in [2.75, 3.05) is 24.6 Å². The van der Waals surface area contributed by atoms with Gasteiger partial charge in [-0.3, -0.25) is 9.50 Å². The molecule has 3 aromatic heterocycles. The molecule has 166 valence electrons. The first kappa shape index (κ1) is 20.0. The Labute approximate surface area is 190 Å². The number of nitrogens with two attached hydrogens (primary N) is 1. The Balaban J connectivity index is 1.39. The lowest BCUT2D eigenvalue weighted by Crippen LogP contribution is -2.51. The summed E-state index contributed by atoms with van der Waals surface area (Å²) < 4.78 is 7.95. The SMILES string of the molecule is Cc1nc(N2CCC3(CC2)CO[C@@H](C)C3N)n2ccnc2c1-c1cc2[nH]ncc2cc1Cl. The number of aromatic amines is 1. The van der Waals surface area contributed by atoms with Crippen molar-refractivity contribution < 1.29 is 4.74 Å². The van der Waals surface area contributed by atoms with Crippen molar-refractivity contribution in [3.63, 3.8) is 0 Å². The van der Waals surface area contributed by atoms with Crippen LogP contribution < -0.4 is 10.6 Å². The van der Waals surface area contributed by atoms with Crippen LogP contribution in [0.2, 0.25) is 5.02 Å². The van der Waals surface area contributed by atoms with Crippen molar-refractivity contribution in [3.8, 4) is 11.1 Å². The van der Waals surface area contributed by atoms with Gasteiger partial charge in [-0.05, 0) is 38.8 Å². The number of H-pyrrole nitrogens is 1. The van der Waals surface area contributed by atoms with Gasteiger partial charge in [-0.2, -0.15) is 5.10 Å². The highest BCUT2D eigenvalue weighted by Crippen LogP contribution is 2.42. The number of benzene rings is 1. The van der Waals surface area contributed by atoms with E-state index in [9.17, 15) is 0 Å². The summed E-state index contributed by atoms with van der Waals surface area (Å²) in [7, 11) is 0. The second-order valence-electron chi connectivity index (χ2n) is 9.17. The van der Waals surface area contributed by atoms with Crippen molar-refractivity contribution in [1.29, 1.82) is 0 Å². The number of halogens is 1. The molecule has 2 aliphatic rings. The van der Waals surface area contributed by atoms with Gasteiger partial charge in [-0.15, -0.1) is 0 Å². The second-order valence-corrected chi connectivity index (χ2v) is 9.58. The number of anilines is 1. The van der Waals surface area contributed by atoms with Gasteiger partial charge in [0.1, 0.15) is 5.65 Å². The van der Waals surface area contributed by atoms with Crippen molar-refractivity contribution >= 4 is 34.1 Å². The Morgan fingerprint density at radius 2 is 2.09 bits per heavy atom. The lowest BCUT2D eigenvalue weighted by molar-refractivity contribution is 0.0973. The van der Waals surface area contributed by atoms with Gasteiger partial charge in [-0.1, -0.05) is 11.6 Å². The summed E-state index contributed by atoms with van der Waals surface area (Å²) in [5, 5.41) is 8.79. The molecule has 0 bridgehead atoms. The Morgan fingerprint density at radius 3 is 2.84 bits per heavy atom. The third-order valence-electron chi connectivity index (χ3n) is 7.40. The highest BCUT2D eigenvalue weighted by Gasteiger charge is 2.47. The summed E-state index contributed by atoms with van der Waals surface area (Å²) in [5.74, 6) is 0.910. The number of rotatable bonds is 2. The largest absolute Gasteiger partial charge is 0.376 e. The summed E-state index contributed by atoms with van der Waals surface area (Å²) in [4.78, 5) is 12.1. The predicted octanol–water partition coefficient (Wildman–Crippen LogP) is 3.57. The average molecular weight is 452 g/mol. The van der Waals surface area contributed by atoms with Gasteiger partial charge < -0.3 is 15.4 Å². The van der Waals surface area contributed by atoms with Crippen LogP contribution in [-0.2, 0) is 4.74 Å². The first-order valence-electron chi connectivity index (χ1n) is 11.1. The number of nitrogens with one attached hydrogen (secondary N) is 1. The van der Waals surface area contributed by atoms with Crippen LogP contribution in [0.1, 0.15) is 25.5 Å². The lowest BCUT2D eigenvalue weighted by Gasteiger charge is -2.41. The zero-order valence-electron chi connectivity index (χ0n) is 18.2. The number of hydrogen-bond acceptors (Lipinski definition) is 6. The van der Waals surface area contributed by atoms with Crippen molar-refractivity contribution in [1.82, 2.24) is 24.6 Å². The van der Waals surface area contributed by atoms with Crippen LogP contribution in [0.4, 0.5) is 5.95 Å². The molecule has 32 heavy (non-hydrogen) atoms. The van der Waals surface area contributed by atoms with Gasteiger partial charge >= 0.3 is 0 Å². The van der Waals surface area contributed by atoms with Gasteiger partial charge in [0.15, 0.2) is 0 Å². The van der Waals surface area contributed by atoms with Gasteiger partial charge in [-0.25, -0.2) is 9.97 Å². The zero-order chi connectivity index (χ0) is 22.0. The van der Waals surface area contributed by atoms with E-state index < -0.39 is 0 Å². The molecule has 2 atom stereocenters. The molecular formula is C23H26ClN7O. The maximum Gasteiger partial charge on any atom is 0.211 e. The molecule has 8 nitrogen and oxygen atoms in total. The monoisotopic (exact) mass is 451 g/mol. The first-order chi connectivity index (χ1) is 15.5. The molecule has 2 aliphatic heterocycles. The van der Waals surface area contributed by atoms with E-state index in [-0.39, 0.29) is 17.6 Å². The number of imidazole rings is 1. The quantitative estimate of drug-likeness (QED) is 0.483. The normalized spacial score (nSPS) is 23.1. The molecule has 0 amide bonds. The van der Waals surface area contributed by atoms with E-state index in [1.54, 1.807) is 6.20 Å². The minimum absolute atomic E-state index is 0.0754. The lowest BCUT2D eigenvalue weighted by atomic mass is 9.73. The van der Waals surface area contributed by atoms with E-state index in [1.807, 2.05) is 31.5 Å². The maximum atomic E-state index is 6.68. The second kappa shape index (κ2) is 7.16. The van der Waals surface area contributed by atoms with Crippen LogP contribution >= 0.6 is 11.6 Å². The number of hydrogen-bond donors (Lipinski definition) is 2. The first-order valence-corrected chi connectivity index (χ1v) is 11.4. The molecule has 2 fully saturated rings. The number of aryl methyl sites for hydroxylation is 1. The van der Waals surface area contributed by atoms with E-state index in [0.29, 0.717) is 5.02 Å². The molecule has 3 N–H and O–H groups in total. The number of ether oxygens (including phenoxy) is 1. The minimum atomic E-state index is 0.0754. The van der Waals surface area contributed by atoms with Gasteiger partial charge in [0.25, 0.3) is 0 Å². The Hall–Kier alpha value is -2.68. The van der Waals surface area contributed by atoms with Crippen LogP contribution in [0.25, 0.3) is 27.7 Å². The van der Waals surface area contributed by atoms with Crippen LogP contribution in [0.5, 0.6) is 0 Å². The molecule has 5 heterocycles. The molecule has 1 aromatic carbocycles. The van der Waals surface area contributed by atoms with Crippen LogP contribution in [0.3, 0.4) is 0 Å². The fourth-order valence-electron chi connectivity index (χ4n) is 5.39. The molecule has 9 heteroatoms. The molecular weight excluding hydrogens is 426 g/mol. The van der Waals surface area contributed by atoms with Gasteiger partial charge in [0.2, 0.25) is 5.95 Å². The molecule has 0 aliphatic carbocycles. The standard InChI is InChI=1S/C23H26ClN7O/c1-13-19(16-10-18-15(9-17(16)24)11-27-29-18)21-26-5-8-31(21)22(28-13)30-6-3-23(4-7-30)12-32-14(2)20(23)25/h5,8-11,14,20H,3-4,6-7,12,25H2,1-2H3,(H,27,29)/t14-,20?/m0/s1. The minimum Gasteiger partial charge on any atom is -0.376 e. The third kappa shape index (κ3) is 2.86. The average Bonchev–Trinajstić information content (AvgIpc) is 3.51. The van der Waals surface area contributed by atoms with E-state index >= 15 is 0 Å². The van der Waals surface area contributed by atoms with E-state index in [4.69, 9.17) is 27.1 Å². The highest BCUT2D eigenvalue weighted by atomic mass is 35.5. The van der Waals surface area contributed by atoms with Gasteiger partial charge in [0.05, 0.1) is 30.1 Å². The molecule has 4 aromatic rings. The van der Waals surface area contributed by atoms with E-state index in [1.165, 1.54) is 0 Å². The molecule has 0 saturated carbocycles. The zero-order valence-corrected chi connectivity index (χ0v) is 18.9. The Morgan fingerprint density at radius 1 is 1.28 bits per heavy atom. The maximum absolute atomic E-state index is 6.68. The number of fused-ring (bicyclic) bond motifs is 2. The molecule has 2 saturated heterocycles. The molecule has 6 rings (SSSR count). The topological polar surface area (TPSA) is 97.4 Å². The number of piperidine rings is 1. The summed E-state index contributed by atoms with van der Waals surface area (Å²) >= 11 is 6.68.